The molecule has 0 spiro atoms. The van der Waals surface area contributed by atoms with Crippen molar-refractivity contribution in [3.8, 4) is 0 Å². The average molecular weight is 294 g/mol. The van der Waals surface area contributed by atoms with E-state index in [0.29, 0.717) is 0 Å². The molecule has 0 atom stereocenters. The second-order valence-corrected chi connectivity index (χ2v) is 7.79. The number of piperidine rings is 1. The van der Waals surface area contributed by atoms with E-state index in [4.69, 9.17) is 0 Å². The van der Waals surface area contributed by atoms with E-state index in [0.717, 1.165) is 17.9 Å². The van der Waals surface area contributed by atoms with E-state index in [2.05, 4.69) is 18.7 Å². The lowest BCUT2D eigenvalue weighted by atomic mass is 9.81. The maximum Gasteiger partial charge on any atom is 0.00954 e. The Morgan fingerprint density at radius 3 is 1.86 bits per heavy atom. The van der Waals surface area contributed by atoms with E-state index < -0.39 is 0 Å². The molecule has 0 bridgehead atoms. The summed E-state index contributed by atoms with van der Waals surface area (Å²) in [7, 11) is 0. The quantitative estimate of drug-likeness (QED) is 0.494. The first kappa shape index (κ1) is 17.3. The van der Waals surface area contributed by atoms with Crippen LogP contribution in [0, 0.1) is 11.8 Å². The van der Waals surface area contributed by atoms with Crippen LogP contribution >= 0.6 is 0 Å². The summed E-state index contributed by atoms with van der Waals surface area (Å²) in [5, 5.41) is 0. The van der Waals surface area contributed by atoms with E-state index in [1.165, 1.54) is 96.6 Å². The van der Waals surface area contributed by atoms with Crippen molar-refractivity contribution in [2.24, 2.45) is 11.8 Å². The molecular formula is C20H39N. The fourth-order valence-corrected chi connectivity index (χ4v) is 4.58. The standard InChI is InChI=1S/C20H39N/c1-3-5-7-9-18-10-12-20(13-11-18)21-16-14-19(15-17-21)8-6-4-2/h18-20H,3-17H2,1-2H3. The second-order valence-electron chi connectivity index (χ2n) is 7.79. The summed E-state index contributed by atoms with van der Waals surface area (Å²) < 4.78 is 0. The van der Waals surface area contributed by atoms with Gasteiger partial charge in [0, 0.05) is 6.04 Å². The Bertz CT molecular complexity index is 247. The van der Waals surface area contributed by atoms with Gasteiger partial charge in [0.25, 0.3) is 0 Å². The number of hydrogen-bond donors (Lipinski definition) is 0. The molecule has 0 radical (unpaired) electrons. The van der Waals surface area contributed by atoms with Crippen LogP contribution in [0.15, 0.2) is 0 Å². The zero-order chi connectivity index (χ0) is 14.9. The molecule has 2 rings (SSSR count). The molecule has 1 aliphatic carbocycles. The lowest BCUT2D eigenvalue weighted by molar-refractivity contribution is 0.0902. The fraction of sp³-hybridized carbons (Fsp3) is 1.00. The molecule has 1 heterocycles. The van der Waals surface area contributed by atoms with Gasteiger partial charge in [0.2, 0.25) is 0 Å². The third-order valence-electron chi connectivity index (χ3n) is 6.16. The molecule has 0 N–H and O–H groups in total. The van der Waals surface area contributed by atoms with Gasteiger partial charge in [0.1, 0.15) is 0 Å². The molecule has 0 amide bonds. The molecule has 2 aliphatic rings. The van der Waals surface area contributed by atoms with Crippen molar-refractivity contribution in [2.75, 3.05) is 13.1 Å². The lowest BCUT2D eigenvalue weighted by Crippen LogP contribution is -2.43. The molecule has 0 aromatic carbocycles. The average Bonchev–Trinajstić information content (AvgIpc) is 2.54. The van der Waals surface area contributed by atoms with Crippen molar-refractivity contribution in [1.82, 2.24) is 4.90 Å². The topological polar surface area (TPSA) is 3.24 Å². The Morgan fingerprint density at radius 1 is 0.667 bits per heavy atom. The van der Waals surface area contributed by atoms with Gasteiger partial charge in [0.05, 0.1) is 0 Å². The third-order valence-corrected chi connectivity index (χ3v) is 6.16. The van der Waals surface area contributed by atoms with Gasteiger partial charge in [-0.05, 0) is 63.5 Å². The van der Waals surface area contributed by atoms with Crippen LogP contribution in [-0.4, -0.2) is 24.0 Å². The molecule has 1 aliphatic heterocycles. The minimum absolute atomic E-state index is 0.944. The van der Waals surface area contributed by atoms with Crippen molar-refractivity contribution >= 4 is 0 Å². The van der Waals surface area contributed by atoms with Crippen LogP contribution in [0.5, 0.6) is 0 Å². The van der Waals surface area contributed by atoms with E-state index in [1.54, 1.807) is 0 Å². The minimum atomic E-state index is 0.944. The lowest BCUT2D eigenvalue weighted by Gasteiger charge is -2.41. The molecule has 1 nitrogen and oxygen atoms in total. The molecule has 1 saturated carbocycles. The highest BCUT2D eigenvalue weighted by molar-refractivity contribution is 4.83. The van der Waals surface area contributed by atoms with Gasteiger partial charge in [-0.25, -0.2) is 0 Å². The molecule has 0 aromatic heterocycles. The third kappa shape index (κ3) is 5.93. The first-order valence-corrected chi connectivity index (χ1v) is 10.1. The van der Waals surface area contributed by atoms with Gasteiger partial charge in [-0.1, -0.05) is 58.8 Å². The number of likely N-dealkylation sites (tertiary alicyclic amines) is 1. The first-order chi connectivity index (χ1) is 10.3. The van der Waals surface area contributed by atoms with E-state index in [-0.39, 0.29) is 0 Å². The molecule has 0 unspecified atom stereocenters. The molecule has 21 heavy (non-hydrogen) atoms. The Kier molecular flexibility index (Phi) is 8.14. The maximum absolute atomic E-state index is 2.85. The zero-order valence-corrected chi connectivity index (χ0v) is 14.8. The summed E-state index contributed by atoms with van der Waals surface area (Å²) in [5.41, 5.74) is 0. The van der Waals surface area contributed by atoms with Crippen LogP contribution in [0.1, 0.15) is 97.3 Å². The maximum atomic E-state index is 2.85. The smallest absolute Gasteiger partial charge is 0.00954 e. The molecule has 124 valence electrons. The Morgan fingerprint density at radius 2 is 1.24 bits per heavy atom. The number of hydrogen-bond acceptors (Lipinski definition) is 1. The Labute approximate surface area is 133 Å². The Hall–Kier alpha value is -0.0400. The molecule has 0 aromatic rings. The largest absolute Gasteiger partial charge is 0.300 e. The summed E-state index contributed by atoms with van der Waals surface area (Å²) in [6.45, 7) is 7.45. The van der Waals surface area contributed by atoms with Gasteiger partial charge >= 0.3 is 0 Å². The van der Waals surface area contributed by atoms with Crippen LogP contribution in [-0.2, 0) is 0 Å². The summed E-state index contributed by atoms with van der Waals surface area (Å²) in [6.07, 6.45) is 19.1. The normalized spacial score (nSPS) is 28.9. The van der Waals surface area contributed by atoms with Crippen LogP contribution in [0.4, 0.5) is 0 Å². The van der Waals surface area contributed by atoms with E-state index >= 15 is 0 Å². The zero-order valence-electron chi connectivity index (χ0n) is 14.8. The van der Waals surface area contributed by atoms with Crippen molar-refractivity contribution in [3.05, 3.63) is 0 Å². The van der Waals surface area contributed by atoms with Gasteiger partial charge in [-0.15, -0.1) is 0 Å². The summed E-state index contributed by atoms with van der Waals surface area (Å²) >= 11 is 0. The SMILES string of the molecule is CCCCCC1CCC(N2CCC(CCCC)CC2)CC1. The van der Waals surface area contributed by atoms with Gasteiger partial charge < -0.3 is 4.90 Å². The molecule has 1 heteroatoms. The fourth-order valence-electron chi connectivity index (χ4n) is 4.58. The van der Waals surface area contributed by atoms with E-state index in [9.17, 15) is 0 Å². The molecular weight excluding hydrogens is 254 g/mol. The summed E-state index contributed by atoms with van der Waals surface area (Å²) in [5.74, 6) is 2.11. The Balaban J connectivity index is 1.60. The van der Waals surface area contributed by atoms with Gasteiger partial charge in [-0.3, -0.25) is 0 Å². The second kappa shape index (κ2) is 9.87. The monoisotopic (exact) mass is 293 g/mol. The van der Waals surface area contributed by atoms with E-state index in [1.807, 2.05) is 0 Å². The van der Waals surface area contributed by atoms with Crippen molar-refractivity contribution < 1.29 is 0 Å². The summed E-state index contributed by atoms with van der Waals surface area (Å²) in [6, 6.07) is 0.944. The number of unbranched alkanes of at least 4 members (excludes halogenated alkanes) is 3. The highest BCUT2D eigenvalue weighted by Gasteiger charge is 2.28. The molecule has 1 saturated heterocycles. The highest BCUT2D eigenvalue weighted by atomic mass is 15.2. The van der Waals surface area contributed by atoms with Crippen molar-refractivity contribution in [1.29, 1.82) is 0 Å². The van der Waals surface area contributed by atoms with Gasteiger partial charge in [-0.2, -0.15) is 0 Å². The predicted molar refractivity (Wildman–Crippen MR) is 93.7 cm³/mol. The van der Waals surface area contributed by atoms with Crippen LogP contribution in [0.2, 0.25) is 0 Å². The number of rotatable bonds is 8. The van der Waals surface area contributed by atoms with Crippen molar-refractivity contribution in [3.63, 3.8) is 0 Å². The first-order valence-electron chi connectivity index (χ1n) is 10.1. The predicted octanol–water partition coefficient (Wildman–Crippen LogP) is 6.03. The number of nitrogens with zero attached hydrogens (tertiary/aromatic N) is 1. The van der Waals surface area contributed by atoms with Gasteiger partial charge in [0.15, 0.2) is 0 Å². The van der Waals surface area contributed by atoms with Crippen LogP contribution in [0.25, 0.3) is 0 Å². The minimum Gasteiger partial charge on any atom is -0.300 e. The highest BCUT2D eigenvalue weighted by Crippen LogP contribution is 2.33. The summed E-state index contributed by atoms with van der Waals surface area (Å²) in [4.78, 5) is 2.85. The van der Waals surface area contributed by atoms with Crippen molar-refractivity contribution in [2.45, 2.75) is 103 Å². The van der Waals surface area contributed by atoms with Crippen LogP contribution < -0.4 is 0 Å². The van der Waals surface area contributed by atoms with Crippen LogP contribution in [0.3, 0.4) is 0 Å². The molecule has 2 fully saturated rings.